The average molecular weight is 549 g/mol. The highest BCUT2D eigenvalue weighted by molar-refractivity contribution is 7.19. The second-order valence-corrected chi connectivity index (χ2v) is 13.4. The molecule has 39 heavy (non-hydrogen) atoms. The lowest BCUT2D eigenvalue weighted by Gasteiger charge is -2.37. The van der Waals surface area contributed by atoms with E-state index < -0.39 is 0 Å². The third-order valence-corrected chi connectivity index (χ3v) is 9.03. The number of nitrogens with two attached hydrogens (primary N) is 1. The zero-order valence-corrected chi connectivity index (χ0v) is 24.5. The van der Waals surface area contributed by atoms with Crippen LogP contribution in [0.2, 0.25) is 0 Å². The third kappa shape index (κ3) is 6.15. The summed E-state index contributed by atoms with van der Waals surface area (Å²) in [5, 5.41) is 3.62. The van der Waals surface area contributed by atoms with Crippen LogP contribution in [0, 0.1) is 11.3 Å². The van der Waals surface area contributed by atoms with Crippen LogP contribution in [0.15, 0.2) is 30.3 Å². The molecule has 5 rings (SSSR count). The first-order valence-corrected chi connectivity index (χ1v) is 14.7. The van der Waals surface area contributed by atoms with E-state index in [-0.39, 0.29) is 29.3 Å². The molecule has 1 aliphatic carbocycles. The summed E-state index contributed by atoms with van der Waals surface area (Å²) in [7, 11) is 4.02. The molecular weight excluding hydrogens is 508 g/mol. The number of carbonyl (C=O) groups excluding carboxylic acids is 2. The number of hydrogen-bond acceptors (Lipinski definition) is 7. The molecule has 0 bridgehead atoms. The Bertz CT molecular complexity index is 1370. The van der Waals surface area contributed by atoms with Gasteiger partial charge in [0, 0.05) is 30.4 Å². The predicted molar refractivity (Wildman–Crippen MR) is 156 cm³/mol. The Morgan fingerprint density at radius 2 is 1.97 bits per heavy atom. The quantitative estimate of drug-likeness (QED) is 0.462. The lowest BCUT2D eigenvalue weighted by atomic mass is 9.71. The number of aromatic nitrogens is 2. The summed E-state index contributed by atoms with van der Waals surface area (Å²) in [4.78, 5) is 40.7. The summed E-state index contributed by atoms with van der Waals surface area (Å²) in [5.74, 6) is 0.382. The van der Waals surface area contributed by atoms with Crippen molar-refractivity contribution in [2.45, 2.75) is 58.5 Å². The summed E-state index contributed by atoms with van der Waals surface area (Å²) in [5.41, 5.74) is 10.9. The van der Waals surface area contributed by atoms with Crippen molar-refractivity contribution >= 4 is 33.5 Å². The molecule has 1 saturated heterocycles. The summed E-state index contributed by atoms with van der Waals surface area (Å²) in [6.07, 6.45) is 3.82. The van der Waals surface area contributed by atoms with Gasteiger partial charge in [0.05, 0.1) is 6.04 Å². The number of likely N-dealkylation sites (tertiary alicyclic amines) is 1. The molecule has 2 atom stereocenters. The summed E-state index contributed by atoms with van der Waals surface area (Å²) in [6.45, 7) is 8.86. The number of pyridine rings is 1. The van der Waals surface area contributed by atoms with E-state index >= 15 is 0 Å². The third-order valence-electron chi connectivity index (χ3n) is 8.07. The summed E-state index contributed by atoms with van der Waals surface area (Å²) < 4.78 is 0. The van der Waals surface area contributed by atoms with Gasteiger partial charge in [-0.3, -0.25) is 9.59 Å². The van der Waals surface area contributed by atoms with Crippen LogP contribution in [0.5, 0.6) is 0 Å². The molecule has 9 heteroatoms. The molecule has 3 N–H and O–H groups in total. The maximum atomic E-state index is 13.5. The molecule has 3 aromatic rings. The van der Waals surface area contributed by atoms with Crippen LogP contribution in [0.4, 0.5) is 0 Å². The van der Waals surface area contributed by atoms with E-state index in [0.29, 0.717) is 36.0 Å². The number of nitrogens with one attached hydrogen (secondary N) is 1. The lowest BCUT2D eigenvalue weighted by molar-refractivity contribution is 0.0608. The first kappa shape index (κ1) is 27.7. The van der Waals surface area contributed by atoms with E-state index in [9.17, 15) is 9.59 Å². The number of benzene rings is 1. The molecule has 2 amide bonds. The highest BCUT2D eigenvalue weighted by Crippen LogP contribution is 2.38. The van der Waals surface area contributed by atoms with Gasteiger partial charge in [-0.15, -0.1) is 0 Å². The van der Waals surface area contributed by atoms with Gasteiger partial charge in [-0.25, -0.2) is 9.97 Å². The maximum absolute atomic E-state index is 13.5. The second-order valence-electron chi connectivity index (χ2n) is 12.5. The van der Waals surface area contributed by atoms with Gasteiger partial charge in [-0.05, 0) is 87.0 Å². The number of thiazole rings is 1. The number of carbonyl (C=O) groups is 2. The highest BCUT2D eigenvalue weighted by atomic mass is 32.1. The highest BCUT2D eigenvalue weighted by Gasteiger charge is 2.31. The van der Waals surface area contributed by atoms with E-state index in [1.807, 2.05) is 38.4 Å². The number of rotatable bonds is 7. The van der Waals surface area contributed by atoms with Crippen molar-refractivity contribution in [3.63, 3.8) is 0 Å². The zero-order valence-electron chi connectivity index (χ0n) is 23.7. The number of hydrogen-bond donors (Lipinski definition) is 2. The molecule has 0 spiro atoms. The van der Waals surface area contributed by atoms with Crippen molar-refractivity contribution in [3.05, 3.63) is 57.7 Å². The largest absolute Gasteiger partial charge is 0.343 e. The van der Waals surface area contributed by atoms with Crippen molar-refractivity contribution < 1.29 is 9.59 Å². The van der Waals surface area contributed by atoms with Gasteiger partial charge in [0.2, 0.25) is 0 Å². The van der Waals surface area contributed by atoms with Gasteiger partial charge in [0.25, 0.3) is 11.8 Å². The predicted octanol–water partition coefficient (Wildman–Crippen LogP) is 4.05. The fraction of sp³-hybridized carbons (Fsp3) is 0.533. The molecule has 0 saturated carbocycles. The molecule has 0 radical (unpaired) electrons. The fourth-order valence-corrected chi connectivity index (χ4v) is 6.37. The van der Waals surface area contributed by atoms with Crippen LogP contribution in [0.1, 0.15) is 76.6 Å². The van der Waals surface area contributed by atoms with Gasteiger partial charge in [-0.2, -0.15) is 0 Å². The molecule has 2 aliphatic rings. The molecule has 1 aliphatic heterocycles. The SMILES string of the molecule is CN(C)CC[C@@H](NC(=O)c1nc2cc3c(nc2s1)CC[C@H](C(C)(C)C)C3)c1cccc(C(=O)N2CC(N)C2)c1. The van der Waals surface area contributed by atoms with Crippen molar-refractivity contribution in [2.75, 3.05) is 33.7 Å². The van der Waals surface area contributed by atoms with E-state index in [1.165, 1.54) is 16.9 Å². The Labute approximate surface area is 235 Å². The molecule has 3 heterocycles. The Morgan fingerprint density at radius 1 is 1.21 bits per heavy atom. The molecule has 0 unspecified atom stereocenters. The molecule has 1 aromatic carbocycles. The van der Waals surface area contributed by atoms with Gasteiger partial charge in [0.1, 0.15) is 10.3 Å². The standard InChI is InChI=1S/C30H40N6O2S/c1-30(2,3)21-9-10-23-20(14-21)15-25-27(33-23)39-28(34-25)26(37)32-24(11-12-35(4)5)18-7-6-8-19(13-18)29(38)36-16-22(31)17-36/h6-8,13,15,21-22,24H,9-12,14,16-17,31H2,1-5H3,(H,32,37)/t21-,24+/m0/s1. The first-order chi connectivity index (χ1) is 18.5. The average Bonchev–Trinajstić information content (AvgIpc) is 3.29. The van der Waals surface area contributed by atoms with Crippen LogP contribution in [-0.4, -0.2) is 71.4 Å². The number of aryl methyl sites for hydroxylation is 1. The van der Waals surface area contributed by atoms with Gasteiger partial charge >= 0.3 is 0 Å². The van der Waals surface area contributed by atoms with Crippen LogP contribution in [0.3, 0.4) is 0 Å². The Kier molecular flexibility index (Phi) is 7.77. The number of nitrogens with zero attached hydrogens (tertiary/aromatic N) is 4. The fourth-order valence-electron chi connectivity index (χ4n) is 5.53. The van der Waals surface area contributed by atoms with Crippen molar-refractivity contribution in [3.8, 4) is 0 Å². The van der Waals surface area contributed by atoms with E-state index in [1.54, 1.807) is 4.90 Å². The molecule has 1 fully saturated rings. The van der Waals surface area contributed by atoms with Gasteiger partial charge in [0.15, 0.2) is 5.01 Å². The van der Waals surface area contributed by atoms with Crippen LogP contribution in [0.25, 0.3) is 10.3 Å². The smallest absolute Gasteiger partial charge is 0.280 e. The second kappa shape index (κ2) is 10.9. The van der Waals surface area contributed by atoms with Crippen LogP contribution < -0.4 is 11.1 Å². The summed E-state index contributed by atoms with van der Waals surface area (Å²) >= 11 is 1.35. The molecule has 208 valence electrons. The Hall–Kier alpha value is -2.88. The maximum Gasteiger partial charge on any atom is 0.280 e. The Balaban J connectivity index is 1.36. The molecule has 8 nitrogen and oxygen atoms in total. The van der Waals surface area contributed by atoms with Gasteiger partial charge in [-0.1, -0.05) is 44.2 Å². The first-order valence-electron chi connectivity index (χ1n) is 13.9. The minimum absolute atomic E-state index is 0.0221. The topological polar surface area (TPSA) is 104 Å². The minimum Gasteiger partial charge on any atom is -0.343 e. The normalized spacial score (nSPS) is 18.6. The summed E-state index contributed by atoms with van der Waals surface area (Å²) in [6, 6.07) is 9.51. The van der Waals surface area contributed by atoms with Crippen molar-refractivity contribution in [1.82, 2.24) is 25.1 Å². The van der Waals surface area contributed by atoms with E-state index in [0.717, 1.165) is 47.4 Å². The molecule has 2 aromatic heterocycles. The van der Waals surface area contributed by atoms with Crippen molar-refractivity contribution in [1.29, 1.82) is 0 Å². The monoisotopic (exact) mass is 548 g/mol. The van der Waals surface area contributed by atoms with Crippen LogP contribution >= 0.6 is 11.3 Å². The number of amides is 2. The van der Waals surface area contributed by atoms with E-state index in [2.05, 4.69) is 37.1 Å². The van der Waals surface area contributed by atoms with Crippen molar-refractivity contribution in [2.24, 2.45) is 17.1 Å². The minimum atomic E-state index is -0.257. The van der Waals surface area contributed by atoms with E-state index in [4.69, 9.17) is 15.7 Å². The van der Waals surface area contributed by atoms with Crippen LogP contribution in [-0.2, 0) is 12.8 Å². The Morgan fingerprint density at radius 3 is 2.67 bits per heavy atom. The van der Waals surface area contributed by atoms with Gasteiger partial charge < -0.3 is 20.9 Å². The lowest BCUT2D eigenvalue weighted by Crippen LogP contribution is -2.57. The number of fused-ring (bicyclic) bond motifs is 2. The molecular formula is C30H40N6O2S. The zero-order chi connectivity index (χ0) is 27.9.